The lowest BCUT2D eigenvalue weighted by atomic mass is 9.95. The molecule has 1 aliphatic rings. The van der Waals surface area contributed by atoms with E-state index in [4.69, 9.17) is 18.9 Å². The molecule has 0 radical (unpaired) electrons. The number of esters is 1. The van der Waals surface area contributed by atoms with Crippen LogP contribution in [0.15, 0.2) is 24.3 Å². The van der Waals surface area contributed by atoms with Crippen molar-refractivity contribution in [1.82, 2.24) is 0 Å². The zero-order valence-corrected chi connectivity index (χ0v) is 14.3. The predicted molar refractivity (Wildman–Crippen MR) is 93.8 cm³/mol. The van der Waals surface area contributed by atoms with Gasteiger partial charge in [-0.3, -0.25) is 10.1 Å². The van der Waals surface area contributed by atoms with E-state index < -0.39 is 10.9 Å². The number of phenolic OH excluding ortho intramolecular Hbond substituents is 1. The fourth-order valence-electron chi connectivity index (χ4n) is 3.28. The number of methoxy groups -OCH3 is 2. The van der Waals surface area contributed by atoms with E-state index in [-0.39, 0.29) is 46.4 Å². The number of phenols is 1. The molecule has 0 saturated heterocycles. The summed E-state index contributed by atoms with van der Waals surface area (Å²) in [4.78, 5) is 23.4. The zero-order chi connectivity index (χ0) is 19.3. The van der Waals surface area contributed by atoms with Crippen LogP contribution in [-0.4, -0.2) is 37.0 Å². The number of rotatable bonds is 3. The van der Waals surface area contributed by atoms with E-state index >= 15 is 0 Å². The van der Waals surface area contributed by atoms with Crippen LogP contribution >= 0.6 is 0 Å². The zero-order valence-electron chi connectivity index (χ0n) is 14.3. The first-order valence-corrected chi connectivity index (χ1v) is 7.79. The molecule has 3 aromatic carbocycles. The van der Waals surface area contributed by atoms with Crippen LogP contribution in [0, 0.1) is 10.1 Å². The Morgan fingerprint density at radius 3 is 2.63 bits per heavy atom. The van der Waals surface area contributed by atoms with E-state index in [2.05, 4.69) is 0 Å². The summed E-state index contributed by atoms with van der Waals surface area (Å²) in [7, 11) is 2.57. The van der Waals surface area contributed by atoms with Gasteiger partial charge >= 0.3 is 5.97 Å². The van der Waals surface area contributed by atoms with Gasteiger partial charge in [0.1, 0.15) is 0 Å². The smallest absolute Gasteiger partial charge is 0.338 e. The summed E-state index contributed by atoms with van der Waals surface area (Å²) in [6.45, 7) is -0.0888. The Morgan fingerprint density at radius 2 is 1.96 bits per heavy atom. The molecule has 0 spiro atoms. The Balaban J connectivity index is 2.29. The van der Waals surface area contributed by atoms with E-state index in [1.807, 2.05) is 0 Å². The molecule has 0 aromatic heterocycles. The predicted octanol–water partition coefficient (Wildman–Crippen LogP) is 3.13. The Bertz CT molecular complexity index is 1140. The number of non-ortho nitro benzene ring substituents is 1. The molecule has 1 N–H and O–H groups in total. The standard InChI is InChI=1S/C18H13NO8/c1-24-13-5-9-8(4-12(13)20)3-11(19(22)23)15-10(18(21)25-2)6-14-17(16(9)15)27-7-26-14/h3-6,20H,7H2,1-2H3. The van der Waals surface area contributed by atoms with E-state index in [0.717, 1.165) is 0 Å². The average molecular weight is 371 g/mol. The highest BCUT2D eigenvalue weighted by atomic mass is 16.7. The van der Waals surface area contributed by atoms with Crippen molar-refractivity contribution in [3.05, 3.63) is 39.9 Å². The molecule has 9 nitrogen and oxygen atoms in total. The molecule has 27 heavy (non-hydrogen) atoms. The van der Waals surface area contributed by atoms with Gasteiger partial charge in [-0.1, -0.05) is 0 Å². The van der Waals surface area contributed by atoms with Crippen LogP contribution in [0.2, 0.25) is 0 Å². The largest absolute Gasteiger partial charge is 0.504 e. The summed E-state index contributed by atoms with van der Waals surface area (Å²) in [5.74, 6) is -0.187. The first-order valence-electron chi connectivity index (χ1n) is 7.79. The van der Waals surface area contributed by atoms with E-state index in [1.165, 1.54) is 38.5 Å². The van der Waals surface area contributed by atoms with Crippen molar-refractivity contribution >= 4 is 33.2 Å². The lowest BCUT2D eigenvalue weighted by Gasteiger charge is -2.13. The van der Waals surface area contributed by atoms with Crippen LogP contribution in [-0.2, 0) is 4.74 Å². The maximum absolute atomic E-state index is 12.3. The molecule has 0 atom stereocenters. The number of fused-ring (bicyclic) bond motifs is 5. The molecule has 0 saturated carbocycles. The van der Waals surface area contributed by atoms with Crippen molar-refractivity contribution in [3.8, 4) is 23.0 Å². The van der Waals surface area contributed by atoms with Crippen LogP contribution in [0.25, 0.3) is 21.5 Å². The lowest BCUT2D eigenvalue weighted by molar-refractivity contribution is -0.383. The Kier molecular flexibility index (Phi) is 3.65. The number of nitrogens with zero attached hydrogens (tertiary/aromatic N) is 1. The van der Waals surface area contributed by atoms with Crippen molar-refractivity contribution < 1.29 is 33.8 Å². The van der Waals surface area contributed by atoms with Crippen LogP contribution in [0.1, 0.15) is 10.4 Å². The van der Waals surface area contributed by atoms with Gasteiger partial charge < -0.3 is 24.1 Å². The molecule has 0 fully saturated rings. The molecule has 1 aliphatic heterocycles. The van der Waals surface area contributed by atoms with Crippen molar-refractivity contribution in [3.63, 3.8) is 0 Å². The molecule has 0 unspecified atom stereocenters. The summed E-state index contributed by atoms with van der Waals surface area (Å²) in [5, 5.41) is 23.0. The van der Waals surface area contributed by atoms with Crippen LogP contribution in [0.5, 0.6) is 23.0 Å². The minimum atomic E-state index is -0.744. The number of aromatic hydroxyl groups is 1. The minimum Gasteiger partial charge on any atom is -0.504 e. The molecular weight excluding hydrogens is 358 g/mol. The van der Waals surface area contributed by atoms with Gasteiger partial charge in [-0.05, 0) is 29.0 Å². The van der Waals surface area contributed by atoms with Gasteiger partial charge in [-0.15, -0.1) is 0 Å². The van der Waals surface area contributed by atoms with Gasteiger partial charge in [0, 0.05) is 11.5 Å². The number of carbonyl (C=O) groups is 1. The maximum Gasteiger partial charge on any atom is 0.338 e. The summed E-state index contributed by atoms with van der Waals surface area (Å²) in [6.07, 6.45) is 0. The highest BCUT2D eigenvalue weighted by Gasteiger charge is 2.30. The quantitative estimate of drug-likeness (QED) is 0.323. The van der Waals surface area contributed by atoms with Crippen LogP contribution in [0.3, 0.4) is 0 Å². The number of nitro groups is 1. The van der Waals surface area contributed by atoms with Gasteiger partial charge in [0.05, 0.1) is 30.1 Å². The second-order valence-corrected chi connectivity index (χ2v) is 5.80. The van der Waals surface area contributed by atoms with Crippen molar-refractivity contribution in [1.29, 1.82) is 0 Å². The monoisotopic (exact) mass is 371 g/mol. The Labute approximate surface area is 151 Å². The normalized spacial score (nSPS) is 12.4. The van der Waals surface area contributed by atoms with Gasteiger partial charge in [0.2, 0.25) is 6.79 Å². The molecule has 1 heterocycles. The first-order chi connectivity index (χ1) is 13.0. The minimum absolute atomic E-state index is 0.0163. The number of carbonyl (C=O) groups excluding carboxylic acids is 1. The summed E-state index contributed by atoms with van der Waals surface area (Å²) >= 11 is 0. The van der Waals surface area contributed by atoms with Crippen LogP contribution in [0.4, 0.5) is 5.69 Å². The van der Waals surface area contributed by atoms with Gasteiger partial charge in [0.25, 0.3) is 5.69 Å². The molecule has 0 aliphatic carbocycles. The molecular formula is C18H13NO8. The lowest BCUT2D eigenvalue weighted by Crippen LogP contribution is -2.04. The molecule has 138 valence electrons. The van der Waals surface area contributed by atoms with Crippen molar-refractivity contribution in [2.75, 3.05) is 21.0 Å². The topological polar surface area (TPSA) is 117 Å². The second-order valence-electron chi connectivity index (χ2n) is 5.80. The molecule has 3 aromatic rings. The number of benzene rings is 3. The Morgan fingerprint density at radius 1 is 1.19 bits per heavy atom. The van der Waals surface area contributed by atoms with Crippen LogP contribution < -0.4 is 14.2 Å². The summed E-state index contributed by atoms with van der Waals surface area (Å²) in [6, 6.07) is 5.53. The Hall–Kier alpha value is -3.75. The number of ether oxygens (including phenoxy) is 4. The highest BCUT2D eigenvalue weighted by molar-refractivity contribution is 6.21. The van der Waals surface area contributed by atoms with Gasteiger partial charge in [0.15, 0.2) is 23.0 Å². The third-order valence-corrected chi connectivity index (χ3v) is 4.43. The van der Waals surface area contributed by atoms with Gasteiger partial charge in [-0.25, -0.2) is 4.79 Å². The molecule has 0 bridgehead atoms. The maximum atomic E-state index is 12.3. The third-order valence-electron chi connectivity index (χ3n) is 4.43. The van der Waals surface area contributed by atoms with E-state index in [0.29, 0.717) is 16.2 Å². The second kappa shape index (κ2) is 5.90. The van der Waals surface area contributed by atoms with Crippen molar-refractivity contribution in [2.24, 2.45) is 0 Å². The summed E-state index contributed by atoms with van der Waals surface area (Å²) < 4.78 is 20.9. The fraction of sp³-hybridized carbons (Fsp3) is 0.167. The molecule has 9 heteroatoms. The number of hydrogen-bond donors (Lipinski definition) is 1. The number of hydrogen-bond acceptors (Lipinski definition) is 8. The highest BCUT2D eigenvalue weighted by Crippen LogP contribution is 2.49. The molecule has 0 amide bonds. The van der Waals surface area contributed by atoms with Gasteiger partial charge in [-0.2, -0.15) is 0 Å². The average Bonchev–Trinajstić information content (AvgIpc) is 3.13. The fourth-order valence-corrected chi connectivity index (χ4v) is 3.28. The third kappa shape index (κ3) is 2.35. The SMILES string of the molecule is COC(=O)c1cc2c(c3c1c([N+](=O)[O-])cc1cc(O)c(OC)cc13)OCO2. The van der Waals surface area contributed by atoms with Crippen molar-refractivity contribution in [2.45, 2.75) is 0 Å². The first kappa shape index (κ1) is 16.7. The molecule has 4 rings (SSSR count). The number of nitro benzene ring substituents is 1. The summed E-state index contributed by atoms with van der Waals surface area (Å²) in [5.41, 5.74) is -0.335. The van der Waals surface area contributed by atoms with E-state index in [1.54, 1.807) is 0 Å². The van der Waals surface area contributed by atoms with E-state index in [9.17, 15) is 20.0 Å².